The maximum atomic E-state index is 13.1. The predicted octanol–water partition coefficient (Wildman–Crippen LogP) is 5.83. The SMILES string of the molecule is COCc1cccc([S@](=O)C(C)(C)C)c1Oc1ccccc1C(C)(C)C. The second-order valence-corrected chi connectivity index (χ2v) is 10.6. The molecule has 0 N–H and O–H groups in total. The minimum Gasteiger partial charge on any atom is -0.455 e. The monoisotopic (exact) mass is 374 g/mol. The number of rotatable bonds is 5. The van der Waals surface area contributed by atoms with Crippen LogP contribution >= 0.6 is 0 Å². The quantitative estimate of drug-likeness (QED) is 0.660. The fraction of sp³-hybridized carbons (Fsp3) is 0.455. The third-order valence-electron chi connectivity index (χ3n) is 4.02. The van der Waals surface area contributed by atoms with Crippen LogP contribution in [0.25, 0.3) is 0 Å². The van der Waals surface area contributed by atoms with Gasteiger partial charge in [0.1, 0.15) is 11.5 Å². The third-order valence-corrected chi connectivity index (χ3v) is 5.86. The topological polar surface area (TPSA) is 35.5 Å². The number of ether oxygens (including phenoxy) is 2. The zero-order valence-corrected chi connectivity index (χ0v) is 17.7. The van der Waals surface area contributed by atoms with E-state index in [1.807, 2.05) is 57.2 Å². The highest BCUT2D eigenvalue weighted by Gasteiger charge is 2.27. The molecule has 0 aliphatic heterocycles. The Bertz CT molecular complexity index is 783. The van der Waals surface area contributed by atoms with Crippen LogP contribution in [0.5, 0.6) is 11.5 Å². The molecule has 0 amide bonds. The Morgan fingerprint density at radius 3 is 2.15 bits per heavy atom. The minimum absolute atomic E-state index is 0.0594. The first-order chi connectivity index (χ1) is 12.1. The first-order valence-electron chi connectivity index (χ1n) is 8.86. The molecule has 0 fully saturated rings. The molecule has 2 aromatic rings. The molecule has 142 valence electrons. The molecule has 0 saturated carbocycles. The van der Waals surface area contributed by atoms with Crippen molar-refractivity contribution in [1.82, 2.24) is 0 Å². The van der Waals surface area contributed by atoms with E-state index >= 15 is 0 Å². The van der Waals surface area contributed by atoms with Crippen molar-refractivity contribution in [1.29, 1.82) is 0 Å². The van der Waals surface area contributed by atoms with Gasteiger partial charge in [-0.1, -0.05) is 51.1 Å². The summed E-state index contributed by atoms with van der Waals surface area (Å²) >= 11 is 0. The molecule has 26 heavy (non-hydrogen) atoms. The van der Waals surface area contributed by atoms with Gasteiger partial charge in [-0.2, -0.15) is 0 Å². The van der Waals surface area contributed by atoms with Gasteiger partial charge >= 0.3 is 0 Å². The van der Waals surface area contributed by atoms with Crippen molar-refractivity contribution in [3.05, 3.63) is 53.6 Å². The van der Waals surface area contributed by atoms with Crippen LogP contribution in [0, 0.1) is 0 Å². The van der Waals surface area contributed by atoms with E-state index in [-0.39, 0.29) is 10.2 Å². The third kappa shape index (κ3) is 4.74. The molecule has 0 aliphatic rings. The number of benzene rings is 2. The first kappa shape index (κ1) is 20.7. The molecule has 0 radical (unpaired) electrons. The summed E-state index contributed by atoms with van der Waals surface area (Å²) in [7, 11) is 0.445. The van der Waals surface area contributed by atoms with E-state index in [0.717, 1.165) is 16.9 Å². The van der Waals surface area contributed by atoms with E-state index in [0.29, 0.717) is 17.3 Å². The molecular weight excluding hydrogens is 344 g/mol. The Morgan fingerprint density at radius 2 is 1.58 bits per heavy atom. The molecule has 0 unspecified atom stereocenters. The lowest BCUT2D eigenvalue weighted by molar-refractivity contribution is 0.182. The summed E-state index contributed by atoms with van der Waals surface area (Å²) in [6, 6.07) is 13.8. The first-order valence-corrected chi connectivity index (χ1v) is 10.0. The standard InChI is InChI=1S/C22H30O3S/c1-21(2,3)17-12-8-9-13-18(17)25-20-16(15-24-7)11-10-14-19(20)26(23)22(4,5)6/h8-14H,15H2,1-7H3/t26-/m0/s1. The molecule has 4 heteroatoms. The Hall–Kier alpha value is -1.65. The van der Waals surface area contributed by atoms with Crippen LogP contribution < -0.4 is 4.74 Å². The van der Waals surface area contributed by atoms with Gasteiger partial charge in [0, 0.05) is 23.0 Å². The fourth-order valence-electron chi connectivity index (χ4n) is 2.71. The van der Waals surface area contributed by atoms with E-state index in [2.05, 4.69) is 26.8 Å². The number of para-hydroxylation sites is 2. The average molecular weight is 375 g/mol. The van der Waals surface area contributed by atoms with Gasteiger partial charge in [-0.25, -0.2) is 0 Å². The lowest BCUT2D eigenvalue weighted by atomic mass is 9.86. The molecule has 3 nitrogen and oxygen atoms in total. The van der Waals surface area contributed by atoms with Crippen LogP contribution in [0.4, 0.5) is 0 Å². The largest absolute Gasteiger partial charge is 0.455 e. The zero-order chi connectivity index (χ0) is 19.5. The molecule has 0 bridgehead atoms. The lowest BCUT2D eigenvalue weighted by Crippen LogP contribution is -2.22. The van der Waals surface area contributed by atoms with Crippen LogP contribution in [0.1, 0.15) is 52.7 Å². The Kier molecular flexibility index (Phi) is 6.30. The highest BCUT2D eigenvalue weighted by atomic mass is 32.2. The summed E-state index contributed by atoms with van der Waals surface area (Å²) in [5, 5.41) is 0. The van der Waals surface area contributed by atoms with Gasteiger partial charge < -0.3 is 9.47 Å². The van der Waals surface area contributed by atoms with Gasteiger partial charge in [-0.05, 0) is 38.3 Å². The summed E-state index contributed by atoms with van der Waals surface area (Å²) < 4.78 is 24.5. The minimum atomic E-state index is -1.21. The fourth-order valence-corrected chi connectivity index (χ4v) is 3.91. The molecule has 0 heterocycles. The highest BCUT2D eigenvalue weighted by Crippen LogP contribution is 2.39. The Balaban J connectivity index is 2.60. The van der Waals surface area contributed by atoms with E-state index in [1.165, 1.54) is 0 Å². The van der Waals surface area contributed by atoms with E-state index in [1.54, 1.807) is 7.11 Å². The highest BCUT2D eigenvalue weighted by molar-refractivity contribution is 7.86. The van der Waals surface area contributed by atoms with Gasteiger partial charge in [-0.15, -0.1) is 0 Å². The summed E-state index contributed by atoms with van der Waals surface area (Å²) in [6.45, 7) is 12.8. The zero-order valence-electron chi connectivity index (χ0n) is 16.9. The second kappa shape index (κ2) is 7.93. The van der Waals surface area contributed by atoms with E-state index in [9.17, 15) is 4.21 Å². The van der Waals surface area contributed by atoms with Crippen molar-refractivity contribution in [3.63, 3.8) is 0 Å². The average Bonchev–Trinajstić information content (AvgIpc) is 2.54. The maximum absolute atomic E-state index is 13.1. The molecule has 0 spiro atoms. The second-order valence-electron chi connectivity index (χ2n) is 8.41. The Labute approximate surface area is 160 Å². The van der Waals surface area contributed by atoms with Crippen molar-refractivity contribution in [2.45, 2.75) is 63.2 Å². The smallest absolute Gasteiger partial charge is 0.149 e. The molecule has 1 atom stereocenters. The molecule has 0 saturated heterocycles. The summed E-state index contributed by atoms with van der Waals surface area (Å²) in [4.78, 5) is 0.704. The summed E-state index contributed by atoms with van der Waals surface area (Å²) in [5.41, 5.74) is 1.95. The number of methoxy groups -OCH3 is 1. The van der Waals surface area contributed by atoms with Crippen LogP contribution in [0.2, 0.25) is 0 Å². The number of hydrogen-bond donors (Lipinski definition) is 0. The molecular formula is C22H30O3S. The maximum Gasteiger partial charge on any atom is 0.149 e. The lowest BCUT2D eigenvalue weighted by Gasteiger charge is -2.25. The van der Waals surface area contributed by atoms with Gasteiger partial charge in [0.25, 0.3) is 0 Å². The predicted molar refractivity (Wildman–Crippen MR) is 109 cm³/mol. The molecule has 0 aliphatic carbocycles. The van der Waals surface area contributed by atoms with Crippen molar-refractivity contribution in [3.8, 4) is 11.5 Å². The molecule has 2 rings (SSSR count). The normalized spacial score (nSPS) is 13.5. The van der Waals surface area contributed by atoms with Crippen LogP contribution in [-0.4, -0.2) is 16.1 Å². The van der Waals surface area contributed by atoms with Crippen LogP contribution in [0.3, 0.4) is 0 Å². The number of hydrogen-bond acceptors (Lipinski definition) is 3. The van der Waals surface area contributed by atoms with Crippen molar-refractivity contribution in [2.24, 2.45) is 0 Å². The van der Waals surface area contributed by atoms with Crippen LogP contribution in [0.15, 0.2) is 47.4 Å². The van der Waals surface area contributed by atoms with Crippen LogP contribution in [-0.2, 0) is 27.6 Å². The summed E-state index contributed by atoms with van der Waals surface area (Å²) in [5.74, 6) is 1.43. The van der Waals surface area contributed by atoms with Crippen molar-refractivity contribution in [2.75, 3.05) is 7.11 Å². The van der Waals surface area contributed by atoms with Gasteiger partial charge in [0.2, 0.25) is 0 Å². The Morgan fingerprint density at radius 1 is 0.923 bits per heavy atom. The van der Waals surface area contributed by atoms with Gasteiger partial charge in [-0.3, -0.25) is 4.21 Å². The van der Waals surface area contributed by atoms with Crippen molar-refractivity contribution >= 4 is 10.8 Å². The van der Waals surface area contributed by atoms with Gasteiger partial charge in [0.15, 0.2) is 0 Å². The van der Waals surface area contributed by atoms with E-state index < -0.39 is 10.8 Å². The van der Waals surface area contributed by atoms with Crippen molar-refractivity contribution < 1.29 is 13.7 Å². The van der Waals surface area contributed by atoms with Gasteiger partial charge in [0.05, 0.1) is 22.3 Å². The van der Waals surface area contributed by atoms with E-state index in [4.69, 9.17) is 9.47 Å². The molecule has 0 aromatic heterocycles. The molecule has 2 aromatic carbocycles. The summed E-state index contributed by atoms with van der Waals surface area (Å²) in [6.07, 6.45) is 0.